The minimum absolute atomic E-state index is 0.783. The van der Waals surface area contributed by atoms with Crippen LogP contribution in [0.1, 0.15) is 49.3 Å². The highest BCUT2D eigenvalue weighted by atomic mass is 14.9. The van der Waals surface area contributed by atoms with E-state index in [2.05, 4.69) is 86.4 Å². The smallest absolute Gasteiger partial charge is 0.159 e. The van der Waals surface area contributed by atoms with Crippen LogP contribution in [0.5, 0.6) is 0 Å². The summed E-state index contributed by atoms with van der Waals surface area (Å²) in [6.07, 6.45) is 8.32. The molecule has 2 heteroatoms. The zero-order chi connectivity index (χ0) is 20.9. The van der Waals surface area contributed by atoms with E-state index in [9.17, 15) is 0 Å². The molecule has 152 valence electrons. The third-order valence-electron chi connectivity index (χ3n) is 5.68. The summed E-state index contributed by atoms with van der Waals surface area (Å²) < 4.78 is 0. The van der Waals surface area contributed by atoms with Gasteiger partial charge >= 0.3 is 0 Å². The summed E-state index contributed by atoms with van der Waals surface area (Å²) in [5.41, 5.74) is 8.39. The Labute approximate surface area is 180 Å². The van der Waals surface area contributed by atoms with Gasteiger partial charge in [-0.2, -0.15) is 0 Å². The Morgan fingerprint density at radius 2 is 1.50 bits per heavy atom. The van der Waals surface area contributed by atoms with Crippen molar-refractivity contribution >= 4 is 10.9 Å². The minimum atomic E-state index is 0.783. The van der Waals surface area contributed by atoms with E-state index in [1.165, 1.54) is 59.9 Å². The molecule has 0 aliphatic heterocycles. The minimum Gasteiger partial charge on any atom is -0.236 e. The average molecular weight is 395 g/mol. The Bertz CT molecular complexity index is 1140. The number of hydrogen-bond acceptors (Lipinski definition) is 2. The maximum absolute atomic E-state index is 4.83. The monoisotopic (exact) mass is 394 g/mol. The van der Waals surface area contributed by atoms with Crippen LogP contribution in [-0.2, 0) is 6.42 Å². The highest BCUT2D eigenvalue weighted by Crippen LogP contribution is 2.28. The summed E-state index contributed by atoms with van der Waals surface area (Å²) in [5.74, 6) is 0.783. The molecule has 0 spiro atoms. The van der Waals surface area contributed by atoms with Crippen molar-refractivity contribution in [2.45, 2.75) is 52.9 Å². The van der Waals surface area contributed by atoms with Crippen molar-refractivity contribution in [3.05, 3.63) is 83.6 Å². The van der Waals surface area contributed by atoms with Gasteiger partial charge in [-0.05, 0) is 72.7 Å². The van der Waals surface area contributed by atoms with E-state index in [-0.39, 0.29) is 0 Å². The number of aryl methyl sites for hydroxylation is 3. The highest BCUT2D eigenvalue weighted by Gasteiger charge is 2.08. The van der Waals surface area contributed by atoms with E-state index in [0.29, 0.717) is 0 Å². The maximum Gasteiger partial charge on any atom is 0.159 e. The Balaban J connectivity index is 1.60. The fourth-order valence-corrected chi connectivity index (χ4v) is 3.97. The van der Waals surface area contributed by atoms with Crippen LogP contribution in [0, 0.1) is 13.8 Å². The van der Waals surface area contributed by atoms with Gasteiger partial charge in [0.05, 0.1) is 5.52 Å². The normalized spacial score (nSPS) is 11.2. The standard InChI is InChI=1S/C28H30N2/c1-4-5-6-7-8-22-10-13-23(14-11-22)25-15-21(3)16-26(18-25)28-29-19-24-12-9-20(2)17-27(24)30-28/h9-19H,4-8H2,1-3H3. The van der Waals surface area contributed by atoms with Crippen LogP contribution < -0.4 is 0 Å². The second-order valence-electron chi connectivity index (χ2n) is 8.35. The molecule has 4 rings (SSSR count). The van der Waals surface area contributed by atoms with E-state index in [1.54, 1.807) is 0 Å². The summed E-state index contributed by atoms with van der Waals surface area (Å²) in [4.78, 5) is 9.47. The lowest BCUT2D eigenvalue weighted by Crippen LogP contribution is -1.92. The Kier molecular flexibility index (Phi) is 6.23. The van der Waals surface area contributed by atoms with Crippen LogP contribution in [0.4, 0.5) is 0 Å². The van der Waals surface area contributed by atoms with Crippen LogP contribution in [0.2, 0.25) is 0 Å². The van der Waals surface area contributed by atoms with Crippen molar-refractivity contribution in [3.63, 3.8) is 0 Å². The molecule has 0 fully saturated rings. The highest BCUT2D eigenvalue weighted by molar-refractivity contribution is 5.81. The van der Waals surface area contributed by atoms with Gasteiger partial charge in [-0.15, -0.1) is 0 Å². The molecule has 0 saturated heterocycles. The van der Waals surface area contributed by atoms with Gasteiger partial charge in [-0.25, -0.2) is 9.97 Å². The first-order valence-corrected chi connectivity index (χ1v) is 11.1. The molecule has 4 aromatic rings. The summed E-state index contributed by atoms with van der Waals surface area (Å²) in [5, 5.41) is 1.08. The first-order chi connectivity index (χ1) is 14.6. The first kappa shape index (κ1) is 20.3. The molecular weight excluding hydrogens is 364 g/mol. The SMILES string of the molecule is CCCCCCc1ccc(-c2cc(C)cc(-c3ncc4ccc(C)cc4n3)c2)cc1. The predicted molar refractivity (Wildman–Crippen MR) is 128 cm³/mol. The third-order valence-corrected chi connectivity index (χ3v) is 5.68. The quantitative estimate of drug-likeness (QED) is 0.300. The zero-order valence-electron chi connectivity index (χ0n) is 18.3. The molecule has 0 amide bonds. The molecule has 3 aromatic carbocycles. The summed E-state index contributed by atoms with van der Waals surface area (Å²) in [7, 11) is 0. The summed E-state index contributed by atoms with van der Waals surface area (Å²) >= 11 is 0. The van der Waals surface area contributed by atoms with Gasteiger partial charge in [0.2, 0.25) is 0 Å². The Morgan fingerprint density at radius 1 is 0.700 bits per heavy atom. The van der Waals surface area contributed by atoms with Crippen molar-refractivity contribution in [2.75, 3.05) is 0 Å². The van der Waals surface area contributed by atoms with Gasteiger partial charge in [-0.1, -0.05) is 68.7 Å². The second kappa shape index (κ2) is 9.21. The van der Waals surface area contributed by atoms with Gasteiger partial charge < -0.3 is 0 Å². The fraction of sp³-hybridized carbons (Fsp3) is 0.286. The van der Waals surface area contributed by atoms with Crippen LogP contribution in [-0.4, -0.2) is 9.97 Å². The predicted octanol–water partition coefficient (Wildman–Crippen LogP) is 7.70. The van der Waals surface area contributed by atoms with Gasteiger partial charge in [-0.3, -0.25) is 0 Å². The molecule has 0 unspecified atom stereocenters. The van der Waals surface area contributed by atoms with E-state index in [1.807, 2.05) is 6.20 Å². The lowest BCUT2D eigenvalue weighted by Gasteiger charge is -2.09. The molecule has 2 nitrogen and oxygen atoms in total. The van der Waals surface area contributed by atoms with E-state index < -0.39 is 0 Å². The lowest BCUT2D eigenvalue weighted by molar-refractivity contribution is 0.667. The number of nitrogens with zero attached hydrogens (tertiary/aromatic N) is 2. The van der Waals surface area contributed by atoms with Crippen molar-refractivity contribution in [1.29, 1.82) is 0 Å². The molecule has 0 atom stereocenters. The molecule has 0 aliphatic rings. The molecule has 0 aliphatic carbocycles. The van der Waals surface area contributed by atoms with Crippen LogP contribution in [0.15, 0.2) is 66.9 Å². The number of rotatable bonds is 7. The van der Waals surface area contributed by atoms with Crippen molar-refractivity contribution in [1.82, 2.24) is 9.97 Å². The fourth-order valence-electron chi connectivity index (χ4n) is 3.97. The van der Waals surface area contributed by atoms with E-state index in [0.717, 1.165) is 22.3 Å². The second-order valence-corrected chi connectivity index (χ2v) is 8.35. The Morgan fingerprint density at radius 3 is 2.30 bits per heavy atom. The lowest BCUT2D eigenvalue weighted by atomic mass is 9.97. The first-order valence-electron chi connectivity index (χ1n) is 11.1. The van der Waals surface area contributed by atoms with Crippen LogP contribution >= 0.6 is 0 Å². The van der Waals surface area contributed by atoms with Gasteiger partial charge in [0.1, 0.15) is 0 Å². The average Bonchev–Trinajstić information content (AvgIpc) is 2.76. The van der Waals surface area contributed by atoms with Gasteiger partial charge in [0.15, 0.2) is 5.82 Å². The Hall–Kier alpha value is -3.00. The topological polar surface area (TPSA) is 25.8 Å². The molecule has 30 heavy (non-hydrogen) atoms. The van der Waals surface area contributed by atoms with Crippen LogP contribution in [0.25, 0.3) is 33.4 Å². The number of unbranched alkanes of at least 4 members (excludes halogenated alkanes) is 3. The largest absolute Gasteiger partial charge is 0.236 e. The number of fused-ring (bicyclic) bond motifs is 1. The molecule has 0 radical (unpaired) electrons. The van der Waals surface area contributed by atoms with E-state index in [4.69, 9.17) is 4.98 Å². The molecule has 0 N–H and O–H groups in total. The number of hydrogen-bond donors (Lipinski definition) is 0. The van der Waals surface area contributed by atoms with Crippen LogP contribution in [0.3, 0.4) is 0 Å². The molecule has 0 bridgehead atoms. The maximum atomic E-state index is 4.83. The molecule has 1 aromatic heterocycles. The van der Waals surface area contributed by atoms with Gasteiger partial charge in [0, 0.05) is 17.1 Å². The zero-order valence-corrected chi connectivity index (χ0v) is 18.3. The summed E-state index contributed by atoms with van der Waals surface area (Å²) in [6, 6.07) is 22.0. The third kappa shape index (κ3) is 4.76. The number of benzene rings is 3. The number of aromatic nitrogens is 2. The molecule has 0 saturated carbocycles. The van der Waals surface area contributed by atoms with Gasteiger partial charge in [0.25, 0.3) is 0 Å². The summed E-state index contributed by atoms with van der Waals surface area (Å²) in [6.45, 7) is 6.49. The van der Waals surface area contributed by atoms with Crippen molar-refractivity contribution < 1.29 is 0 Å². The van der Waals surface area contributed by atoms with Crippen molar-refractivity contribution in [2.24, 2.45) is 0 Å². The molecular formula is C28H30N2. The van der Waals surface area contributed by atoms with Crippen molar-refractivity contribution in [3.8, 4) is 22.5 Å². The molecule has 1 heterocycles. The van der Waals surface area contributed by atoms with E-state index >= 15 is 0 Å².